The van der Waals surface area contributed by atoms with E-state index in [-0.39, 0.29) is 5.91 Å². The van der Waals surface area contributed by atoms with Gasteiger partial charge in [0.25, 0.3) is 5.91 Å². The first-order chi connectivity index (χ1) is 12.2. The number of aryl methyl sites for hydroxylation is 1. The molecule has 1 amide bonds. The molecule has 0 aliphatic heterocycles. The van der Waals surface area contributed by atoms with Crippen molar-refractivity contribution >= 4 is 17.5 Å². The molecule has 25 heavy (non-hydrogen) atoms. The summed E-state index contributed by atoms with van der Waals surface area (Å²) in [6.45, 7) is 4.87. The van der Waals surface area contributed by atoms with Gasteiger partial charge in [-0.3, -0.25) is 4.79 Å². The summed E-state index contributed by atoms with van der Waals surface area (Å²) >= 11 is 0. The summed E-state index contributed by atoms with van der Waals surface area (Å²) in [5, 5.41) is 14.9. The quantitative estimate of drug-likeness (QED) is 0.744. The predicted octanol–water partition coefficient (Wildman–Crippen LogP) is 3.18. The van der Waals surface area contributed by atoms with E-state index in [4.69, 9.17) is 4.52 Å². The summed E-state index contributed by atoms with van der Waals surface area (Å²) in [6.07, 6.45) is 0. The van der Waals surface area contributed by atoms with Crippen LogP contribution in [0.25, 0.3) is 0 Å². The van der Waals surface area contributed by atoms with Gasteiger partial charge in [0.2, 0.25) is 0 Å². The van der Waals surface area contributed by atoms with Crippen LogP contribution in [0.3, 0.4) is 0 Å². The van der Waals surface area contributed by atoms with Crippen molar-refractivity contribution in [3.05, 3.63) is 65.5 Å². The van der Waals surface area contributed by atoms with Gasteiger partial charge in [0, 0.05) is 19.2 Å². The number of carbonyl (C=O) groups is 1. The maximum Gasteiger partial charge on any atom is 0.274 e. The fourth-order valence-corrected chi connectivity index (χ4v) is 2.36. The number of aromatic nitrogens is 3. The molecule has 0 fully saturated rings. The van der Waals surface area contributed by atoms with E-state index in [1.165, 1.54) is 0 Å². The molecule has 0 unspecified atom stereocenters. The minimum atomic E-state index is -0.150. The zero-order chi connectivity index (χ0) is 17.6. The van der Waals surface area contributed by atoms with Crippen molar-refractivity contribution in [3.63, 3.8) is 0 Å². The minimum Gasteiger partial charge on any atom is -0.360 e. The van der Waals surface area contributed by atoms with Crippen LogP contribution in [0, 0.1) is 6.92 Å². The molecule has 7 nitrogen and oxygen atoms in total. The molecular formula is C18H19N5O2. The zero-order valence-electron chi connectivity index (χ0n) is 14.1. The van der Waals surface area contributed by atoms with E-state index >= 15 is 0 Å². The zero-order valence-corrected chi connectivity index (χ0v) is 14.1. The molecule has 0 aliphatic rings. The lowest BCUT2D eigenvalue weighted by Crippen LogP contribution is -2.31. The van der Waals surface area contributed by atoms with E-state index in [1.807, 2.05) is 37.3 Å². The van der Waals surface area contributed by atoms with E-state index < -0.39 is 0 Å². The second-order valence-electron chi connectivity index (χ2n) is 5.56. The third kappa shape index (κ3) is 4.20. The summed E-state index contributed by atoms with van der Waals surface area (Å²) in [5.41, 5.74) is 1.38. The van der Waals surface area contributed by atoms with Gasteiger partial charge in [-0.2, -0.15) is 0 Å². The molecule has 0 aliphatic carbocycles. The first-order valence-electron chi connectivity index (χ1n) is 8.03. The average Bonchev–Trinajstić information content (AvgIpc) is 3.05. The van der Waals surface area contributed by atoms with E-state index in [0.29, 0.717) is 36.2 Å². The molecule has 7 heteroatoms. The number of rotatable bonds is 6. The molecule has 0 spiro atoms. The van der Waals surface area contributed by atoms with Crippen molar-refractivity contribution in [1.29, 1.82) is 0 Å². The average molecular weight is 337 g/mol. The molecule has 0 saturated carbocycles. The highest BCUT2D eigenvalue weighted by Crippen LogP contribution is 2.14. The lowest BCUT2D eigenvalue weighted by atomic mass is 10.2. The van der Waals surface area contributed by atoms with Gasteiger partial charge in [-0.15, -0.1) is 10.2 Å². The molecule has 128 valence electrons. The molecule has 0 saturated heterocycles. The SMILES string of the molecule is CCN(Cc1ccccc1)C(=O)c1ccc(Nc2cc(C)on2)nn1. The maximum atomic E-state index is 12.6. The highest BCUT2D eigenvalue weighted by atomic mass is 16.5. The number of benzene rings is 1. The van der Waals surface area contributed by atoms with Crippen LogP contribution in [-0.4, -0.2) is 32.7 Å². The number of nitrogens with one attached hydrogen (secondary N) is 1. The number of nitrogens with zero attached hydrogens (tertiary/aromatic N) is 4. The van der Waals surface area contributed by atoms with Gasteiger partial charge in [-0.05, 0) is 31.5 Å². The van der Waals surface area contributed by atoms with E-state index in [1.54, 1.807) is 30.0 Å². The molecule has 3 aromatic rings. The van der Waals surface area contributed by atoms with E-state index in [0.717, 1.165) is 5.56 Å². The lowest BCUT2D eigenvalue weighted by molar-refractivity contribution is 0.0745. The van der Waals surface area contributed by atoms with Gasteiger partial charge >= 0.3 is 0 Å². The summed E-state index contributed by atoms with van der Waals surface area (Å²) in [6, 6.07) is 15.0. The monoisotopic (exact) mass is 337 g/mol. The number of carbonyl (C=O) groups excluding carboxylic acids is 1. The smallest absolute Gasteiger partial charge is 0.274 e. The largest absolute Gasteiger partial charge is 0.360 e. The number of hydrogen-bond acceptors (Lipinski definition) is 6. The predicted molar refractivity (Wildman–Crippen MR) is 93.4 cm³/mol. The van der Waals surface area contributed by atoms with Crippen LogP contribution in [0.2, 0.25) is 0 Å². The summed E-state index contributed by atoms with van der Waals surface area (Å²) in [7, 11) is 0. The lowest BCUT2D eigenvalue weighted by Gasteiger charge is -2.20. The third-order valence-corrected chi connectivity index (χ3v) is 3.65. The minimum absolute atomic E-state index is 0.150. The topological polar surface area (TPSA) is 84.2 Å². The first-order valence-corrected chi connectivity index (χ1v) is 8.03. The summed E-state index contributed by atoms with van der Waals surface area (Å²) in [4.78, 5) is 14.4. The van der Waals surface area contributed by atoms with Crippen molar-refractivity contribution in [2.45, 2.75) is 20.4 Å². The van der Waals surface area contributed by atoms with Crippen LogP contribution in [0.4, 0.5) is 11.6 Å². The van der Waals surface area contributed by atoms with Gasteiger partial charge in [0.05, 0.1) is 0 Å². The normalized spacial score (nSPS) is 10.5. The second kappa shape index (κ2) is 7.57. The molecule has 1 N–H and O–H groups in total. The fourth-order valence-electron chi connectivity index (χ4n) is 2.36. The van der Waals surface area contributed by atoms with Crippen LogP contribution < -0.4 is 5.32 Å². The molecule has 3 rings (SSSR count). The molecule has 0 radical (unpaired) electrons. The Morgan fingerprint density at radius 2 is 1.92 bits per heavy atom. The van der Waals surface area contributed by atoms with Crippen LogP contribution >= 0.6 is 0 Å². The van der Waals surface area contributed by atoms with Crippen molar-refractivity contribution in [1.82, 2.24) is 20.3 Å². The fraction of sp³-hybridized carbons (Fsp3) is 0.222. The standard InChI is InChI=1S/C18H19N5O2/c1-3-23(12-14-7-5-4-6-8-14)18(24)15-9-10-16(21-20-15)19-17-11-13(2)25-22-17/h4-11H,3,12H2,1-2H3,(H,19,21,22). The third-order valence-electron chi connectivity index (χ3n) is 3.65. The van der Waals surface area contributed by atoms with Crippen molar-refractivity contribution in [2.75, 3.05) is 11.9 Å². The Morgan fingerprint density at radius 3 is 2.52 bits per heavy atom. The Bertz CT molecular complexity index is 830. The molecule has 0 bridgehead atoms. The Morgan fingerprint density at radius 1 is 1.12 bits per heavy atom. The van der Waals surface area contributed by atoms with Gasteiger partial charge in [0.15, 0.2) is 17.3 Å². The first kappa shape index (κ1) is 16.6. The molecule has 1 aromatic carbocycles. The van der Waals surface area contributed by atoms with E-state index in [2.05, 4.69) is 20.7 Å². The van der Waals surface area contributed by atoms with Gasteiger partial charge in [-0.25, -0.2) is 0 Å². The van der Waals surface area contributed by atoms with Crippen LogP contribution in [0.1, 0.15) is 28.7 Å². The number of anilines is 2. The number of hydrogen-bond donors (Lipinski definition) is 1. The van der Waals surface area contributed by atoms with Crippen molar-refractivity contribution in [2.24, 2.45) is 0 Å². The van der Waals surface area contributed by atoms with Gasteiger partial charge in [-0.1, -0.05) is 35.5 Å². The van der Waals surface area contributed by atoms with Crippen molar-refractivity contribution < 1.29 is 9.32 Å². The molecule has 0 atom stereocenters. The molecule has 2 heterocycles. The summed E-state index contributed by atoms with van der Waals surface area (Å²) in [5.74, 6) is 1.59. The Balaban J connectivity index is 1.68. The maximum absolute atomic E-state index is 12.6. The van der Waals surface area contributed by atoms with Gasteiger partial charge in [0.1, 0.15) is 5.76 Å². The van der Waals surface area contributed by atoms with Crippen LogP contribution in [-0.2, 0) is 6.54 Å². The molecular weight excluding hydrogens is 318 g/mol. The Kier molecular flexibility index (Phi) is 5.03. The van der Waals surface area contributed by atoms with Gasteiger partial charge < -0.3 is 14.7 Å². The Labute approximate surface area is 145 Å². The van der Waals surface area contributed by atoms with Crippen LogP contribution in [0.5, 0.6) is 0 Å². The van der Waals surface area contributed by atoms with Crippen molar-refractivity contribution in [3.8, 4) is 0 Å². The Hall–Kier alpha value is -3.22. The van der Waals surface area contributed by atoms with Crippen LogP contribution in [0.15, 0.2) is 53.1 Å². The summed E-state index contributed by atoms with van der Waals surface area (Å²) < 4.78 is 4.98. The molecule has 2 aromatic heterocycles. The van der Waals surface area contributed by atoms with E-state index in [9.17, 15) is 4.79 Å². The second-order valence-corrected chi connectivity index (χ2v) is 5.56. The number of amides is 1. The highest BCUT2D eigenvalue weighted by Gasteiger charge is 2.16. The highest BCUT2D eigenvalue weighted by molar-refractivity contribution is 5.92.